The second-order valence-corrected chi connectivity index (χ2v) is 9.40. The summed E-state index contributed by atoms with van der Waals surface area (Å²) < 4.78 is 57.7. The average molecular weight is 684 g/mol. The standard InChI is InChI=1S/C18H13ClF3NO7.C12H16N2O3/c1-2-28-16(24)9-29-17(25)12-8-11(4-5-14(12)23(26)27)30-15-6-3-10(7-13(15)19)18(20,21)22;1-3-13-11(15)9(2)17-12(16)14-10-7-5-4-6-8-10/h3-8H,2,9H2,1H3;4-9H,3H2,1-2H3,(H,13,15)(H,14,16). The summed E-state index contributed by atoms with van der Waals surface area (Å²) in [6.07, 6.45) is -6.06. The Bertz CT molecular complexity index is 1570. The molecule has 0 fully saturated rings. The number of ether oxygens (including phenoxy) is 4. The van der Waals surface area contributed by atoms with Crippen molar-refractivity contribution in [2.24, 2.45) is 0 Å². The summed E-state index contributed by atoms with van der Waals surface area (Å²) in [5.41, 5.74) is -1.54. The molecule has 3 aromatic rings. The van der Waals surface area contributed by atoms with Gasteiger partial charge in [-0.15, -0.1) is 0 Å². The van der Waals surface area contributed by atoms with Gasteiger partial charge in [0.25, 0.3) is 11.6 Å². The number of hydrogen-bond donors (Lipinski definition) is 2. The minimum absolute atomic E-state index is 0.0493. The van der Waals surface area contributed by atoms with Crippen molar-refractivity contribution in [1.29, 1.82) is 0 Å². The zero-order valence-electron chi connectivity index (χ0n) is 25.1. The van der Waals surface area contributed by atoms with Gasteiger partial charge in [-0.2, -0.15) is 13.2 Å². The highest BCUT2D eigenvalue weighted by Gasteiger charge is 2.31. The Morgan fingerprint density at radius 1 is 0.979 bits per heavy atom. The van der Waals surface area contributed by atoms with E-state index in [1.165, 1.54) is 13.8 Å². The Kier molecular flexibility index (Phi) is 14.4. The number of nitro groups is 1. The van der Waals surface area contributed by atoms with Crippen molar-refractivity contribution in [1.82, 2.24) is 5.32 Å². The number of carbonyl (C=O) groups excluding carboxylic acids is 4. The Labute approximate surface area is 271 Å². The Balaban J connectivity index is 0.000000382. The van der Waals surface area contributed by atoms with Gasteiger partial charge in [0.05, 0.1) is 22.1 Å². The Morgan fingerprint density at radius 2 is 1.66 bits per heavy atom. The normalized spacial score (nSPS) is 11.1. The number of esters is 2. The third kappa shape index (κ3) is 12.5. The van der Waals surface area contributed by atoms with E-state index >= 15 is 0 Å². The van der Waals surface area contributed by atoms with E-state index in [-0.39, 0.29) is 29.0 Å². The van der Waals surface area contributed by atoms with Crippen LogP contribution in [0.25, 0.3) is 0 Å². The number of nitro benzene ring substituents is 1. The fourth-order valence-electron chi connectivity index (χ4n) is 3.39. The first-order valence-corrected chi connectivity index (χ1v) is 14.0. The molecule has 1 atom stereocenters. The van der Waals surface area contributed by atoms with Gasteiger partial charge in [0.1, 0.15) is 17.1 Å². The first kappa shape index (κ1) is 37.8. The predicted molar refractivity (Wildman–Crippen MR) is 161 cm³/mol. The van der Waals surface area contributed by atoms with Crippen molar-refractivity contribution in [3.05, 3.63) is 93.0 Å². The summed E-state index contributed by atoms with van der Waals surface area (Å²) in [5, 5.41) is 15.9. The molecule has 0 spiro atoms. The van der Waals surface area contributed by atoms with Crippen molar-refractivity contribution in [3.63, 3.8) is 0 Å². The van der Waals surface area contributed by atoms with Crippen LogP contribution >= 0.6 is 11.6 Å². The van der Waals surface area contributed by atoms with Crippen molar-refractivity contribution in [3.8, 4) is 11.5 Å². The average Bonchev–Trinajstić information content (AvgIpc) is 3.01. The smallest absolute Gasteiger partial charge is 0.416 e. The monoisotopic (exact) mass is 683 g/mol. The lowest BCUT2D eigenvalue weighted by molar-refractivity contribution is -0.385. The molecular formula is C30H29ClF3N3O10. The zero-order chi connectivity index (χ0) is 35.1. The first-order valence-electron chi connectivity index (χ1n) is 13.6. The van der Waals surface area contributed by atoms with Crippen LogP contribution in [0.2, 0.25) is 5.02 Å². The van der Waals surface area contributed by atoms with E-state index in [0.29, 0.717) is 18.3 Å². The van der Waals surface area contributed by atoms with E-state index in [4.69, 9.17) is 25.8 Å². The van der Waals surface area contributed by atoms with E-state index in [9.17, 15) is 42.5 Å². The molecule has 3 rings (SSSR count). The van der Waals surface area contributed by atoms with Crippen LogP contribution < -0.4 is 15.4 Å². The topological polar surface area (TPSA) is 172 Å². The lowest BCUT2D eigenvalue weighted by Crippen LogP contribution is -2.36. The maximum Gasteiger partial charge on any atom is 0.416 e. The van der Waals surface area contributed by atoms with E-state index in [0.717, 1.165) is 30.3 Å². The van der Waals surface area contributed by atoms with Gasteiger partial charge in [0.2, 0.25) is 0 Å². The highest BCUT2D eigenvalue weighted by Crippen LogP contribution is 2.37. The first-order chi connectivity index (χ1) is 22.2. The molecule has 0 aliphatic rings. The highest BCUT2D eigenvalue weighted by atomic mass is 35.5. The second-order valence-electron chi connectivity index (χ2n) is 9.00. The lowest BCUT2D eigenvalue weighted by atomic mass is 10.1. The van der Waals surface area contributed by atoms with Crippen LogP contribution in [0.4, 0.5) is 29.3 Å². The fraction of sp³-hybridized carbons (Fsp3) is 0.267. The molecule has 0 bridgehead atoms. The molecule has 0 heterocycles. The van der Waals surface area contributed by atoms with Gasteiger partial charge in [-0.25, -0.2) is 14.4 Å². The Hall–Kier alpha value is -5.38. The van der Waals surface area contributed by atoms with Crippen LogP contribution in [-0.4, -0.2) is 54.7 Å². The van der Waals surface area contributed by atoms with Crippen molar-refractivity contribution in [2.45, 2.75) is 33.1 Å². The fourth-order valence-corrected chi connectivity index (χ4v) is 3.61. The van der Waals surface area contributed by atoms with Gasteiger partial charge in [0.15, 0.2) is 12.7 Å². The molecule has 0 radical (unpaired) electrons. The second kappa shape index (κ2) is 17.9. The number of alkyl halides is 3. The van der Waals surface area contributed by atoms with E-state index < -0.39 is 58.7 Å². The minimum Gasteiger partial charge on any atom is -0.463 e. The summed E-state index contributed by atoms with van der Waals surface area (Å²) in [4.78, 5) is 56.5. The van der Waals surface area contributed by atoms with Crippen molar-refractivity contribution < 1.29 is 56.2 Å². The van der Waals surface area contributed by atoms with Gasteiger partial charge in [-0.05, 0) is 57.2 Å². The van der Waals surface area contributed by atoms with E-state index in [2.05, 4.69) is 15.4 Å². The van der Waals surface area contributed by atoms with Crippen LogP contribution in [0.5, 0.6) is 11.5 Å². The lowest BCUT2D eigenvalue weighted by Gasteiger charge is -2.13. The van der Waals surface area contributed by atoms with E-state index in [1.807, 2.05) is 6.07 Å². The number of carbonyl (C=O) groups is 4. The molecule has 13 nitrogen and oxygen atoms in total. The molecule has 1 unspecified atom stereocenters. The molecule has 0 saturated carbocycles. The number of hydrogen-bond acceptors (Lipinski definition) is 10. The molecule has 2 amide bonds. The number of anilines is 1. The van der Waals surface area contributed by atoms with Crippen LogP contribution in [0, 0.1) is 10.1 Å². The van der Waals surface area contributed by atoms with Crippen LogP contribution in [-0.2, 0) is 30.0 Å². The number of halogens is 4. The number of benzene rings is 3. The number of likely N-dealkylation sites (N-methyl/N-ethyl adjacent to an activating group) is 1. The van der Waals surface area contributed by atoms with Gasteiger partial charge in [-0.3, -0.25) is 20.2 Å². The summed E-state index contributed by atoms with van der Waals surface area (Å²) in [7, 11) is 0. The summed E-state index contributed by atoms with van der Waals surface area (Å²) in [6, 6.07) is 14.3. The minimum atomic E-state index is -4.61. The largest absolute Gasteiger partial charge is 0.463 e. The third-order valence-electron chi connectivity index (χ3n) is 5.52. The molecule has 2 N–H and O–H groups in total. The summed E-state index contributed by atoms with van der Waals surface area (Å²) in [5.74, 6) is -2.67. The van der Waals surface area contributed by atoms with Crippen molar-refractivity contribution >= 4 is 46.9 Å². The quantitative estimate of drug-likeness (QED) is 0.0978. The molecule has 0 aliphatic heterocycles. The van der Waals surface area contributed by atoms with Crippen molar-refractivity contribution in [2.75, 3.05) is 25.1 Å². The third-order valence-corrected chi connectivity index (χ3v) is 5.82. The molecule has 0 saturated heterocycles. The number of nitrogens with zero attached hydrogens (tertiary/aromatic N) is 1. The number of nitrogens with one attached hydrogen (secondary N) is 2. The summed E-state index contributed by atoms with van der Waals surface area (Å²) in [6.45, 7) is 4.65. The highest BCUT2D eigenvalue weighted by molar-refractivity contribution is 6.32. The van der Waals surface area contributed by atoms with Gasteiger partial charge in [0, 0.05) is 24.4 Å². The number of amides is 2. The molecule has 17 heteroatoms. The van der Waals surface area contributed by atoms with Gasteiger partial charge in [-0.1, -0.05) is 29.8 Å². The van der Waals surface area contributed by atoms with Crippen LogP contribution in [0.1, 0.15) is 36.7 Å². The number of rotatable bonds is 11. The summed E-state index contributed by atoms with van der Waals surface area (Å²) >= 11 is 5.81. The Morgan fingerprint density at radius 3 is 2.23 bits per heavy atom. The molecule has 252 valence electrons. The molecule has 0 aromatic heterocycles. The predicted octanol–water partition coefficient (Wildman–Crippen LogP) is 6.54. The SMILES string of the molecule is CCNC(=O)C(C)OC(=O)Nc1ccccc1.CCOC(=O)COC(=O)c1cc(Oc2ccc(C(F)(F)F)cc2Cl)ccc1[N+](=O)[O-]. The molecule has 47 heavy (non-hydrogen) atoms. The van der Waals surface area contributed by atoms with Crippen LogP contribution in [0.3, 0.4) is 0 Å². The maximum atomic E-state index is 12.7. The zero-order valence-corrected chi connectivity index (χ0v) is 25.8. The maximum absolute atomic E-state index is 12.7. The molecule has 0 aliphatic carbocycles. The van der Waals surface area contributed by atoms with Gasteiger partial charge >= 0.3 is 24.2 Å². The van der Waals surface area contributed by atoms with Crippen LogP contribution in [0.15, 0.2) is 66.7 Å². The van der Waals surface area contributed by atoms with Gasteiger partial charge < -0.3 is 24.3 Å². The molecular weight excluding hydrogens is 655 g/mol. The number of para-hydroxylation sites is 1. The van der Waals surface area contributed by atoms with E-state index in [1.54, 1.807) is 31.2 Å². The molecule has 3 aromatic carbocycles.